The number of fused-ring (bicyclic) bond motifs is 1. The number of pyridine rings is 1. The van der Waals surface area contributed by atoms with Gasteiger partial charge in [-0.2, -0.15) is 0 Å². The van der Waals surface area contributed by atoms with Crippen molar-refractivity contribution in [3.63, 3.8) is 0 Å². The predicted octanol–water partition coefficient (Wildman–Crippen LogP) is 3.09. The lowest BCUT2D eigenvalue weighted by Gasteiger charge is -2.14. The van der Waals surface area contributed by atoms with E-state index in [1.807, 2.05) is 18.3 Å². The molecular weight excluding hydrogens is 279 g/mol. The number of H-pyrrole nitrogens is 1. The van der Waals surface area contributed by atoms with Gasteiger partial charge in [-0.25, -0.2) is 9.37 Å². The minimum absolute atomic E-state index is 0.231. The Morgan fingerprint density at radius 3 is 3.09 bits per heavy atom. The number of nitrogens with one attached hydrogen (secondary N) is 1. The maximum absolute atomic E-state index is 13.3. The van der Waals surface area contributed by atoms with E-state index in [1.165, 1.54) is 12.1 Å². The molecule has 2 aromatic heterocycles. The molecule has 1 atom stereocenters. The van der Waals surface area contributed by atoms with Crippen LogP contribution < -0.4 is 0 Å². The maximum Gasteiger partial charge on any atom is 0.125 e. The molecule has 4 nitrogen and oxygen atoms in total. The van der Waals surface area contributed by atoms with Crippen LogP contribution in [0.25, 0.3) is 11.0 Å². The van der Waals surface area contributed by atoms with Gasteiger partial charge in [0.15, 0.2) is 0 Å². The van der Waals surface area contributed by atoms with Crippen molar-refractivity contribution in [1.29, 1.82) is 0 Å². The Hall–Kier alpha value is -2.27. The van der Waals surface area contributed by atoms with Crippen LogP contribution in [0.1, 0.15) is 23.9 Å². The van der Waals surface area contributed by atoms with Gasteiger partial charge in [-0.15, -0.1) is 0 Å². The van der Waals surface area contributed by atoms with Crippen molar-refractivity contribution in [2.24, 2.45) is 0 Å². The lowest BCUT2D eigenvalue weighted by Crippen LogP contribution is -2.20. The summed E-state index contributed by atoms with van der Waals surface area (Å²) in [7, 11) is 0. The van der Waals surface area contributed by atoms with Crippen molar-refractivity contribution in [2.75, 3.05) is 13.1 Å². The van der Waals surface area contributed by atoms with E-state index in [4.69, 9.17) is 0 Å². The standard InChI is InChI=1S/C17H17FN4/c18-13-4-5-15-16(9-13)21-17(20-15)12-6-8-22(10-12)11-14-3-1-2-7-19-14/h1-5,7,9,12H,6,8,10-11H2,(H,20,21)/t12-/m0/s1. The van der Waals surface area contributed by atoms with Crippen LogP contribution >= 0.6 is 0 Å². The number of hydrogen-bond donors (Lipinski definition) is 1. The van der Waals surface area contributed by atoms with Crippen molar-refractivity contribution >= 4 is 11.0 Å². The van der Waals surface area contributed by atoms with Gasteiger partial charge in [0.25, 0.3) is 0 Å². The molecule has 0 radical (unpaired) electrons. The molecule has 112 valence electrons. The molecule has 0 spiro atoms. The van der Waals surface area contributed by atoms with Crippen LogP contribution in [0.5, 0.6) is 0 Å². The molecule has 0 bridgehead atoms. The Labute approximate surface area is 128 Å². The Balaban J connectivity index is 1.49. The Morgan fingerprint density at radius 1 is 1.27 bits per heavy atom. The van der Waals surface area contributed by atoms with E-state index in [0.717, 1.165) is 48.6 Å². The second-order valence-electron chi connectivity index (χ2n) is 5.83. The highest BCUT2D eigenvalue weighted by Gasteiger charge is 2.26. The van der Waals surface area contributed by atoms with Gasteiger partial charge in [-0.1, -0.05) is 6.07 Å². The molecule has 1 fully saturated rings. The van der Waals surface area contributed by atoms with Crippen LogP contribution in [-0.2, 0) is 6.54 Å². The summed E-state index contributed by atoms with van der Waals surface area (Å²) in [5.41, 5.74) is 2.70. The van der Waals surface area contributed by atoms with E-state index in [0.29, 0.717) is 5.92 Å². The highest BCUT2D eigenvalue weighted by atomic mass is 19.1. The average molecular weight is 296 g/mol. The smallest absolute Gasteiger partial charge is 0.125 e. The zero-order valence-electron chi connectivity index (χ0n) is 12.2. The minimum Gasteiger partial charge on any atom is -0.342 e. The van der Waals surface area contributed by atoms with Crippen molar-refractivity contribution in [3.8, 4) is 0 Å². The predicted molar refractivity (Wildman–Crippen MR) is 82.9 cm³/mol. The van der Waals surface area contributed by atoms with E-state index in [1.54, 1.807) is 6.07 Å². The molecule has 22 heavy (non-hydrogen) atoms. The SMILES string of the molecule is Fc1ccc2nc([C@H]3CCN(Cc4ccccn4)C3)[nH]c2c1. The molecule has 3 heterocycles. The first-order chi connectivity index (χ1) is 10.8. The third-order valence-corrected chi connectivity index (χ3v) is 4.23. The number of rotatable bonds is 3. The monoisotopic (exact) mass is 296 g/mol. The van der Waals surface area contributed by atoms with Crippen LogP contribution in [0.2, 0.25) is 0 Å². The Kier molecular flexibility index (Phi) is 3.35. The van der Waals surface area contributed by atoms with Crippen LogP contribution in [0, 0.1) is 5.82 Å². The Bertz CT molecular complexity index is 784. The third-order valence-electron chi connectivity index (χ3n) is 4.23. The summed E-state index contributed by atoms with van der Waals surface area (Å²) in [6.07, 6.45) is 2.89. The normalized spacial score (nSPS) is 19.0. The molecule has 3 aromatic rings. The number of halogens is 1. The summed E-state index contributed by atoms with van der Waals surface area (Å²) in [5.74, 6) is 1.11. The average Bonchev–Trinajstić information content (AvgIpc) is 3.14. The van der Waals surface area contributed by atoms with Crippen LogP contribution in [0.4, 0.5) is 4.39 Å². The number of benzene rings is 1. The number of aromatic amines is 1. The lowest BCUT2D eigenvalue weighted by molar-refractivity contribution is 0.322. The van der Waals surface area contributed by atoms with Crippen molar-refractivity contribution in [2.45, 2.75) is 18.9 Å². The fourth-order valence-corrected chi connectivity index (χ4v) is 3.12. The molecule has 0 aliphatic carbocycles. The number of aromatic nitrogens is 3. The topological polar surface area (TPSA) is 44.8 Å². The van der Waals surface area contributed by atoms with Crippen molar-refractivity contribution < 1.29 is 4.39 Å². The first kappa shape index (κ1) is 13.4. The fourth-order valence-electron chi connectivity index (χ4n) is 3.12. The summed E-state index contributed by atoms with van der Waals surface area (Å²) < 4.78 is 13.3. The fraction of sp³-hybridized carbons (Fsp3) is 0.294. The van der Waals surface area contributed by atoms with Gasteiger partial charge < -0.3 is 4.98 Å². The summed E-state index contributed by atoms with van der Waals surface area (Å²) >= 11 is 0. The van der Waals surface area contributed by atoms with Gasteiger partial charge >= 0.3 is 0 Å². The van der Waals surface area contributed by atoms with Crippen molar-refractivity contribution in [3.05, 3.63) is 59.9 Å². The van der Waals surface area contributed by atoms with Gasteiger partial charge in [-0.05, 0) is 43.3 Å². The molecule has 0 amide bonds. The molecule has 1 saturated heterocycles. The van der Waals surface area contributed by atoms with Crippen LogP contribution in [0.15, 0.2) is 42.6 Å². The molecule has 5 heteroatoms. The second kappa shape index (κ2) is 5.50. The molecule has 1 N–H and O–H groups in total. The van der Waals surface area contributed by atoms with Gasteiger partial charge in [0, 0.05) is 25.2 Å². The quantitative estimate of drug-likeness (QED) is 0.808. The number of imidazole rings is 1. The van der Waals surface area contributed by atoms with E-state index in [-0.39, 0.29) is 5.82 Å². The van der Waals surface area contributed by atoms with Gasteiger partial charge in [0.05, 0.1) is 16.7 Å². The second-order valence-corrected chi connectivity index (χ2v) is 5.83. The zero-order valence-corrected chi connectivity index (χ0v) is 12.2. The Morgan fingerprint density at radius 2 is 2.23 bits per heavy atom. The summed E-state index contributed by atoms with van der Waals surface area (Å²) in [6.45, 7) is 2.86. The molecule has 4 rings (SSSR count). The van der Waals surface area contributed by atoms with Gasteiger partial charge in [0.2, 0.25) is 0 Å². The molecule has 1 aliphatic heterocycles. The number of hydrogen-bond acceptors (Lipinski definition) is 3. The van der Waals surface area contributed by atoms with Gasteiger partial charge in [0.1, 0.15) is 11.6 Å². The van der Waals surface area contributed by atoms with Crippen molar-refractivity contribution in [1.82, 2.24) is 19.9 Å². The first-order valence-corrected chi connectivity index (χ1v) is 7.55. The van der Waals surface area contributed by atoms with Crippen LogP contribution in [-0.4, -0.2) is 32.9 Å². The lowest BCUT2D eigenvalue weighted by atomic mass is 10.1. The molecule has 0 unspecified atom stereocenters. The molecule has 0 saturated carbocycles. The number of nitrogens with zero attached hydrogens (tertiary/aromatic N) is 3. The maximum atomic E-state index is 13.3. The third kappa shape index (κ3) is 2.60. The van der Waals surface area contributed by atoms with E-state index >= 15 is 0 Å². The molecule has 1 aliphatic rings. The highest BCUT2D eigenvalue weighted by Crippen LogP contribution is 2.27. The molecule has 1 aromatic carbocycles. The summed E-state index contributed by atoms with van der Waals surface area (Å²) in [5, 5.41) is 0. The highest BCUT2D eigenvalue weighted by molar-refractivity contribution is 5.75. The zero-order chi connectivity index (χ0) is 14.9. The van der Waals surface area contributed by atoms with E-state index in [9.17, 15) is 4.39 Å². The van der Waals surface area contributed by atoms with E-state index in [2.05, 4.69) is 25.9 Å². The minimum atomic E-state index is -0.231. The summed E-state index contributed by atoms with van der Waals surface area (Å²) in [4.78, 5) is 14.6. The van der Waals surface area contributed by atoms with Crippen LogP contribution in [0.3, 0.4) is 0 Å². The number of likely N-dealkylation sites (tertiary alicyclic amines) is 1. The largest absolute Gasteiger partial charge is 0.342 e. The van der Waals surface area contributed by atoms with E-state index < -0.39 is 0 Å². The molecular formula is C17H17FN4. The summed E-state index contributed by atoms with van der Waals surface area (Å²) in [6, 6.07) is 10.7. The first-order valence-electron chi connectivity index (χ1n) is 7.55. The van der Waals surface area contributed by atoms with Gasteiger partial charge in [-0.3, -0.25) is 9.88 Å².